The molecule has 1 heterocycles. The monoisotopic (exact) mass is 305 g/mol. The fraction of sp³-hybridized carbons (Fsp3) is 0.500. The van der Waals surface area contributed by atoms with Crippen molar-refractivity contribution < 1.29 is 4.52 Å². The van der Waals surface area contributed by atoms with Crippen LogP contribution in [0.15, 0.2) is 28.8 Å². The predicted molar refractivity (Wildman–Crippen MR) is 82.5 cm³/mol. The highest BCUT2D eigenvalue weighted by Gasteiger charge is 2.52. The van der Waals surface area contributed by atoms with Gasteiger partial charge in [0, 0.05) is 0 Å². The van der Waals surface area contributed by atoms with Gasteiger partial charge in [0.1, 0.15) is 0 Å². The van der Waals surface area contributed by atoms with Gasteiger partial charge in [0.15, 0.2) is 5.82 Å². The summed E-state index contributed by atoms with van der Waals surface area (Å²) in [6, 6.07) is 8.59. The molecule has 0 aliphatic heterocycles. The van der Waals surface area contributed by atoms with Gasteiger partial charge in [-0.25, -0.2) is 0 Å². The van der Waals surface area contributed by atoms with E-state index in [-0.39, 0.29) is 23.4 Å². The van der Waals surface area contributed by atoms with Gasteiger partial charge in [0.05, 0.1) is 11.0 Å². The van der Waals surface area contributed by atoms with Gasteiger partial charge in [-0.1, -0.05) is 35.0 Å². The van der Waals surface area contributed by atoms with Gasteiger partial charge >= 0.3 is 0 Å². The van der Waals surface area contributed by atoms with E-state index >= 15 is 0 Å². The van der Waals surface area contributed by atoms with Crippen molar-refractivity contribution >= 4 is 12.4 Å². The molecule has 2 aromatic rings. The molecule has 1 aromatic heterocycles. The van der Waals surface area contributed by atoms with Crippen molar-refractivity contribution in [3.05, 3.63) is 47.1 Å². The molecular weight excluding hydrogens is 286 g/mol. The summed E-state index contributed by atoms with van der Waals surface area (Å²) in [7, 11) is 0. The second-order valence-corrected chi connectivity index (χ2v) is 6.38. The van der Waals surface area contributed by atoms with E-state index in [0.717, 1.165) is 38.0 Å². The Hall–Kier alpha value is -1.39. The molecule has 0 saturated heterocycles. The van der Waals surface area contributed by atoms with Crippen LogP contribution in [0.2, 0.25) is 0 Å². The van der Waals surface area contributed by atoms with E-state index in [4.69, 9.17) is 10.3 Å². The van der Waals surface area contributed by atoms with E-state index in [1.807, 2.05) is 0 Å². The summed E-state index contributed by atoms with van der Waals surface area (Å²) in [6.45, 7) is 2.11. The Bertz CT molecular complexity index is 659. The Labute approximate surface area is 130 Å². The number of aryl methyl sites for hydroxylation is 1. The fourth-order valence-electron chi connectivity index (χ4n) is 3.10. The second-order valence-electron chi connectivity index (χ2n) is 6.38. The number of benzene rings is 1. The first kappa shape index (κ1) is 14.5. The van der Waals surface area contributed by atoms with Gasteiger partial charge in [-0.05, 0) is 44.6 Å². The van der Waals surface area contributed by atoms with Gasteiger partial charge in [-0.15, -0.1) is 12.4 Å². The summed E-state index contributed by atoms with van der Waals surface area (Å²) in [5.74, 6) is 1.44. The van der Waals surface area contributed by atoms with Crippen LogP contribution in [0.3, 0.4) is 0 Å². The standard InChI is InChI=1S/C16H19N3O.ClH/c1-11-4-2-5-12(10-11)15(8-9-15)14-18-13(19-20-14)16(17)6-3-7-16;/h2,4-5,10H,3,6-9,17H2,1H3;1H. The van der Waals surface area contributed by atoms with Crippen molar-refractivity contribution in [3.8, 4) is 0 Å². The van der Waals surface area contributed by atoms with E-state index in [0.29, 0.717) is 5.82 Å². The van der Waals surface area contributed by atoms with E-state index in [9.17, 15) is 0 Å². The van der Waals surface area contributed by atoms with Crippen molar-refractivity contribution in [1.82, 2.24) is 10.1 Å². The van der Waals surface area contributed by atoms with E-state index in [1.54, 1.807) is 0 Å². The van der Waals surface area contributed by atoms with Gasteiger partial charge in [-0.3, -0.25) is 0 Å². The van der Waals surface area contributed by atoms with Crippen LogP contribution in [0.1, 0.15) is 54.9 Å². The van der Waals surface area contributed by atoms with Gasteiger partial charge < -0.3 is 10.3 Å². The fourth-order valence-corrected chi connectivity index (χ4v) is 3.10. The summed E-state index contributed by atoms with van der Waals surface area (Å²) in [5, 5.41) is 4.15. The molecule has 0 spiro atoms. The van der Waals surface area contributed by atoms with Crippen molar-refractivity contribution in [2.75, 3.05) is 0 Å². The molecule has 0 radical (unpaired) electrons. The zero-order valence-electron chi connectivity index (χ0n) is 12.1. The van der Waals surface area contributed by atoms with E-state index in [1.165, 1.54) is 11.1 Å². The molecule has 2 aliphatic rings. The van der Waals surface area contributed by atoms with Crippen LogP contribution in [-0.2, 0) is 11.0 Å². The molecule has 2 N–H and O–H groups in total. The Kier molecular flexibility index (Phi) is 3.34. The molecule has 0 unspecified atom stereocenters. The minimum absolute atomic E-state index is 0. The average molecular weight is 306 g/mol. The highest BCUT2D eigenvalue weighted by atomic mass is 35.5. The minimum Gasteiger partial charge on any atom is -0.338 e. The molecule has 2 aliphatic carbocycles. The lowest BCUT2D eigenvalue weighted by Crippen LogP contribution is -2.44. The summed E-state index contributed by atoms with van der Waals surface area (Å²) >= 11 is 0. The van der Waals surface area contributed by atoms with Crippen LogP contribution >= 0.6 is 12.4 Å². The average Bonchev–Trinajstić information content (AvgIpc) is 3.07. The highest BCUT2D eigenvalue weighted by Crippen LogP contribution is 2.53. The number of nitrogens with two attached hydrogens (primary N) is 1. The normalized spacial score (nSPS) is 21.2. The molecule has 4 rings (SSSR count). The molecule has 2 saturated carbocycles. The van der Waals surface area contributed by atoms with Crippen LogP contribution in [0.5, 0.6) is 0 Å². The summed E-state index contributed by atoms with van der Waals surface area (Å²) in [4.78, 5) is 4.64. The first-order valence-electron chi connectivity index (χ1n) is 7.33. The third-order valence-corrected chi connectivity index (χ3v) is 4.85. The maximum absolute atomic E-state index is 6.28. The lowest BCUT2D eigenvalue weighted by Gasteiger charge is -2.34. The van der Waals surface area contributed by atoms with E-state index in [2.05, 4.69) is 41.3 Å². The van der Waals surface area contributed by atoms with Crippen LogP contribution in [0.25, 0.3) is 0 Å². The lowest BCUT2D eigenvalue weighted by atomic mass is 9.77. The smallest absolute Gasteiger partial charge is 0.237 e. The van der Waals surface area contributed by atoms with Crippen LogP contribution in [0, 0.1) is 6.92 Å². The van der Waals surface area contributed by atoms with Gasteiger partial charge in [0.25, 0.3) is 0 Å². The maximum Gasteiger partial charge on any atom is 0.237 e. The van der Waals surface area contributed by atoms with Gasteiger partial charge in [0.2, 0.25) is 5.89 Å². The molecule has 0 atom stereocenters. The molecular formula is C16H20ClN3O. The third kappa shape index (κ3) is 2.17. The largest absolute Gasteiger partial charge is 0.338 e. The van der Waals surface area contributed by atoms with Crippen LogP contribution in [-0.4, -0.2) is 10.1 Å². The molecule has 21 heavy (non-hydrogen) atoms. The van der Waals surface area contributed by atoms with E-state index < -0.39 is 0 Å². The van der Waals surface area contributed by atoms with Gasteiger partial charge in [-0.2, -0.15) is 4.98 Å². The SMILES string of the molecule is Cc1cccc(C2(c3nc(C4(N)CCC4)no3)CC2)c1.Cl. The molecule has 0 bridgehead atoms. The third-order valence-electron chi connectivity index (χ3n) is 4.85. The van der Waals surface area contributed by atoms with Crippen molar-refractivity contribution in [2.45, 2.75) is 50.0 Å². The van der Waals surface area contributed by atoms with Crippen molar-refractivity contribution in [2.24, 2.45) is 5.73 Å². The number of aromatic nitrogens is 2. The number of halogens is 1. The Morgan fingerprint density at radius 2 is 1.95 bits per heavy atom. The molecule has 2 fully saturated rings. The summed E-state index contributed by atoms with van der Waals surface area (Å²) in [6.07, 6.45) is 5.24. The maximum atomic E-state index is 6.28. The number of rotatable bonds is 3. The van der Waals surface area contributed by atoms with Crippen molar-refractivity contribution in [3.63, 3.8) is 0 Å². The number of nitrogens with zero attached hydrogens (tertiary/aromatic N) is 2. The Morgan fingerprint density at radius 1 is 1.19 bits per heavy atom. The molecule has 112 valence electrons. The first-order valence-corrected chi connectivity index (χ1v) is 7.33. The zero-order valence-corrected chi connectivity index (χ0v) is 12.9. The summed E-state index contributed by atoms with van der Waals surface area (Å²) in [5.41, 5.74) is 8.43. The Balaban J connectivity index is 0.00000132. The highest BCUT2D eigenvalue weighted by molar-refractivity contribution is 5.85. The van der Waals surface area contributed by atoms with Crippen LogP contribution in [0.4, 0.5) is 0 Å². The first-order chi connectivity index (χ1) is 9.62. The number of hydrogen-bond donors (Lipinski definition) is 1. The summed E-state index contributed by atoms with van der Waals surface area (Å²) < 4.78 is 5.57. The zero-order chi connectivity index (χ0) is 13.8. The number of hydrogen-bond acceptors (Lipinski definition) is 4. The molecule has 4 nitrogen and oxygen atoms in total. The molecule has 1 aromatic carbocycles. The second kappa shape index (κ2) is 4.82. The Morgan fingerprint density at radius 3 is 2.52 bits per heavy atom. The quantitative estimate of drug-likeness (QED) is 0.945. The lowest BCUT2D eigenvalue weighted by molar-refractivity contribution is 0.228. The van der Waals surface area contributed by atoms with Crippen molar-refractivity contribution in [1.29, 1.82) is 0 Å². The topological polar surface area (TPSA) is 64.9 Å². The molecule has 0 amide bonds. The molecule has 5 heteroatoms. The minimum atomic E-state index is -0.343. The predicted octanol–water partition coefficient (Wildman–Crippen LogP) is 3.22. The van der Waals surface area contributed by atoms with Crippen LogP contribution < -0.4 is 5.73 Å².